The minimum atomic E-state index is -0.0725. The van der Waals surface area contributed by atoms with Crippen LogP contribution < -0.4 is 10.6 Å². The molecule has 0 radical (unpaired) electrons. The number of carbonyl (C=O) groups is 1. The van der Waals surface area contributed by atoms with Gasteiger partial charge in [-0.3, -0.25) is 0 Å². The number of methoxy groups -OCH3 is 1. The molecule has 70 valence electrons. The standard InChI is InChI=1S/C8H16N2O2/c1-12-6-5-9-8(11)10-7-3-2-4-7/h7H,2-6H2,1H3,(H2,9,10,11). The first-order chi connectivity index (χ1) is 5.83. The first-order valence-electron chi connectivity index (χ1n) is 4.36. The van der Waals surface area contributed by atoms with Crippen LogP contribution in [0.25, 0.3) is 0 Å². The van der Waals surface area contributed by atoms with Crippen molar-refractivity contribution in [1.29, 1.82) is 0 Å². The molecule has 12 heavy (non-hydrogen) atoms. The van der Waals surface area contributed by atoms with E-state index in [2.05, 4.69) is 10.6 Å². The molecule has 1 aliphatic rings. The van der Waals surface area contributed by atoms with E-state index in [1.165, 1.54) is 6.42 Å². The van der Waals surface area contributed by atoms with Crippen LogP contribution in [0.3, 0.4) is 0 Å². The Labute approximate surface area is 72.7 Å². The average Bonchev–Trinajstić information content (AvgIpc) is 1.98. The highest BCUT2D eigenvalue weighted by molar-refractivity contribution is 5.74. The van der Waals surface area contributed by atoms with E-state index < -0.39 is 0 Å². The quantitative estimate of drug-likeness (QED) is 0.606. The van der Waals surface area contributed by atoms with E-state index in [9.17, 15) is 4.79 Å². The third kappa shape index (κ3) is 3.09. The average molecular weight is 172 g/mol. The smallest absolute Gasteiger partial charge is 0.315 e. The molecule has 2 N–H and O–H groups in total. The number of nitrogens with one attached hydrogen (secondary N) is 2. The van der Waals surface area contributed by atoms with Gasteiger partial charge in [-0.1, -0.05) is 0 Å². The minimum Gasteiger partial charge on any atom is -0.383 e. The van der Waals surface area contributed by atoms with Crippen LogP contribution in [0.5, 0.6) is 0 Å². The lowest BCUT2D eigenvalue weighted by molar-refractivity contribution is 0.193. The summed E-state index contributed by atoms with van der Waals surface area (Å²) in [6.07, 6.45) is 3.48. The summed E-state index contributed by atoms with van der Waals surface area (Å²) in [6, 6.07) is 0.337. The highest BCUT2D eigenvalue weighted by Crippen LogP contribution is 2.17. The molecule has 0 aliphatic heterocycles. The van der Waals surface area contributed by atoms with Crippen molar-refractivity contribution in [2.75, 3.05) is 20.3 Å². The second kappa shape index (κ2) is 4.98. The first kappa shape index (κ1) is 9.32. The molecule has 1 rings (SSSR count). The van der Waals surface area contributed by atoms with E-state index in [0.717, 1.165) is 12.8 Å². The highest BCUT2D eigenvalue weighted by atomic mass is 16.5. The summed E-state index contributed by atoms with van der Waals surface area (Å²) >= 11 is 0. The van der Waals surface area contributed by atoms with E-state index in [-0.39, 0.29) is 6.03 Å². The van der Waals surface area contributed by atoms with Gasteiger partial charge in [0.2, 0.25) is 0 Å². The molecule has 0 heterocycles. The van der Waals surface area contributed by atoms with Gasteiger partial charge in [-0.2, -0.15) is 0 Å². The van der Waals surface area contributed by atoms with Gasteiger partial charge in [-0.15, -0.1) is 0 Å². The van der Waals surface area contributed by atoms with Crippen molar-refractivity contribution in [2.24, 2.45) is 0 Å². The lowest BCUT2D eigenvalue weighted by Gasteiger charge is -2.26. The van der Waals surface area contributed by atoms with Crippen molar-refractivity contribution in [3.8, 4) is 0 Å². The van der Waals surface area contributed by atoms with Crippen molar-refractivity contribution in [3.63, 3.8) is 0 Å². The number of ether oxygens (including phenoxy) is 1. The molecule has 4 nitrogen and oxygen atoms in total. The molecule has 4 heteroatoms. The monoisotopic (exact) mass is 172 g/mol. The van der Waals surface area contributed by atoms with Gasteiger partial charge in [0.25, 0.3) is 0 Å². The summed E-state index contributed by atoms with van der Waals surface area (Å²) in [6.45, 7) is 1.15. The van der Waals surface area contributed by atoms with Crippen LogP contribution in [0.15, 0.2) is 0 Å². The van der Waals surface area contributed by atoms with Crippen molar-refractivity contribution >= 4 is 6.03 Å². The second-order valence-electron chi connectivity index (χ2n) is 3.02. The number of carbonyl (C=O) groups excluding carboxylic acids is 1. The fraction of sp³-hybridized carbons (Fsp3) is 0.875. The van der Waals surface area contributed by atoms with Crippen molar-refractivity contribution in [1.82, 2.24) is 10.6 Å². The van der Waals surface area contributed by atoms with Crippen LogP contribution in [-0.4, -0.2) is 32.3 Å². The molecule has 0 aromatic heterocycles. The molecule has 0 unspecified atom stereocenters. The highest BCUT2D eigenvalue weighted by Gasteiger charge is 2.18. The Morgan fingerprint density at radius 2 is 2.33 bits per heavy atom. The molecule has 0 bridgehead atoms. The summed E-state index contributed by atoms with van der Waals surface area (Å²) in [5.74, 6) is 0. The maximum absolute atomic E-state index is 11.0. The fourth-order valence-electron chi connectivity index (χ4n) is 1.06. The van der Waals surface area contributed by atoms with Gasteiger partial charge in [0.15, 0.2) is 0 Å². The van der Waals surface area contributed by atoms with E-state index in [1.807, 2.05) is 0 Å². The van der Waals surface area contributed by atoms with Gasteiger partial charge in [-0.25, -0.2) is 4.79 Å². The van der Waals surface area contributed by atoms with E-state index in [4.69, 9.17) is 4.74 Å². The Hall–Kier alpha value is -0.770. The molecule has 0 atom stereocenters. The Kier molecular flexibility index (Phi) is 3.87. The molecule has 0 aromatic rings. The maximum Gasteiger partial charge on any atom is 0.315 e. The summed E-state index contributed by atoms with van der Waals surface area (Å²) < 4.78 is 4.80. The molecule has 0 spiro atoms. The molecular weight excluding hydrogens is 156 g/mol. The summed E-state index contributed by atoms with van der Waals surface area (Å²) in [5.41, 5.74) is 0. The van der Waals surface area contributed by atoms with Gasteiger partial charge in [0.1, 0.15) is 0 Å². The predicted molar refractivity (Wildman–Crippen MR) is 46.0 cm³/mol. The Morgan fingerprint density at radius 3 is 2.83 bits per heavy atom. The zero-order chi connectivity index (χ0) is 8.81. The van der Waals surface area contributed by atoms with Crippen LogP contribution in [0.1, 0.15) is 19.3 Å². The van der Waals surface area contributed by atoms with Gasteiger partial charge < -0.3 is 15.4 Å². The number of rotatable bonds is 4. The largest absolute Gasteiger partial charge is 0.383 e. The van der Waals surface area contributed by atoms with Gasteiger partial charge >= 0.3 is 6.03 Å². The number of hydrogen-bond acceptors (Lipinski definition) is 2. The zero-order valence-corrected chi connectivity index (χ0v) is 7.43. The SMILES string of the molecule is COCCNC(=O)NC1CCC1. The van der Waals surface area contributed by atoms with Gasteiger partial charge in [0, 0.05) is 19.7 Å². The minimum absolute atomic E-state index is 0.0725. The summed E-state index contributed by atoms with van der Waals surface area (Å²) in [4.78, 5) is 11.0. The second-order valence-corrected chi connectivity index (χ2v) is 3.02. The third-order valence-electron chi connectivity index (χ3n) is 2.03. The molecule has 1 fully saturated rings. The lowest BCUT2D eigenvalue weighted by Crippen LogP contribution is -2.45. The summed E-state index contributed by atoms with van der Waals surface area (Å²) in [5, 5.41) is 5.58. The number of hydrogen-bond donors (Lipinski definition) is 2. The first-order valence-corrected chi connectivity index (χ1v) is 4.36. The topological polar surface area (TPSA) is 50.4 Å². The van der Waals surface area contributed by atoms with E-state index >= 15 is 0 Å². The lowest BCUT2D eigenvalue weighted by atomic mass is 9.93. The Morgan fingerprint density at radius 1 is 1.58 bits per heavy atom. The fourth-order valence-corrected chi connectivity index (χ4v) is 1.06. The number of amides is 2. The Bertz CT molecular complexity index is 146. The number of urea groups is 1. The molecule has 1 saturated carbocycles. The maximum atomic E-state index is 11.0. The third-order valence-corrected chi connectivity index (χ3v) is 2.03. The molecule has 0 saturated heterocycles. The van der Waals surface area contributed by atoms with Crippen LogP contribution in [-0.2, 0) is 4.74 Å². The van der Waals surface area contributed by atoms with Crippen LogP contribution >= 0.6 is 0 Å². The van der Waals surface area contributed by atoms with E-state index in [0.29, 0.717) is 19.2 Å². The predicted octanol–water partition coefficient (Wildman–Crippen LogP) is 0.484. The van der Waals surface area contributed by atoms with Crippen molar-refractivity contribution in [3.05, 3.63) is 0 Å². The summed E-state index contributed by atoms with van der Waals surface area (Å²) in [7, 11) is 1.62. The van der Waals surface area contributed by atoms with Crippen LogP contribution in [0.4, 0.5) is 4.79 Å². The van der Waals surface area contributed by atoms with Crippen LogP contribution in [0.2, 0.25) is 0 Å². The molecule has 1 aliphatic carbocycles. The van der Waals surface area contributed by atoms with Crippen molar-refractivity contribution in [2.45, 2.75) is 25.3 Å². The van der Waals surface area contributed by atoms with Crippen molar-refractivity contribution < 1.29 is 9.53 Å². The van der Waals surface area contributed by atoms with E-state index in [1.54, 1.807) is 7.11 Å². The molecule has 2 amide bonds. The van der Waals surface area contributed by atoms with Gasteiger partial charge in [0.05, 0.1) is 6.61 Å². The van der Waals surface area contributed by atoms with Crippen LogP contribution in [0, 0.1) is 0 Å². The molecule has 0 aromatic carbocycles. The zero-order valence-electron chi connectivity index (χ0n) is 7.43. The molecular formula is C8H16N2O2. The van der Waals surface area contributed by atoms with Gasteiger partial charge in [-0.05, 0) is 19.3 Å². The normalized spacial score (nSPS) is 16.8. The Balaban J connectivity index is 1.95.